The van der Waals surface area contributed by atoms with Gasteiger partial charge in [0.1, 0.15) is 28.4 Å². The molecule has 0 bridgehead atoms. The number of thiophene rings is 1. The number of esters is 3. The Morgan fingerprint density at radius 3 is 1.97 bits per heavy atom. The Kier molecular flexibility index (Phi) is 16.8. The highest BCUT2D eigenvalue weighted by molar-refractivity contribution is 7.20. The fourth-order valence-corrected chi connectivity index (χ4v) is 7.10. The number of rotatable bonds is 15. The van der Waals surface area contributed by atoms with E-state index < -0.39 is 41.2 Å². The minimum Gasteiger partial charge on any atom is -0.464 e. The van der Waals surface area contributed by atoms with Gasteiger partial charge in [-0.3, -0.25) is 20.2 Å². The molecule has 0 aliphatic carbocycles. The molecule has 1 aromatic heterocycles. The first-order valence-corrected chi connectivity index (χ1v) is 22.2. The summed E-state index contributed by atoms with van der Waals surface area (Å²) in [4.78, 5) is 84.6. The van der Waals surface area contributed by atoms with Crippen LogP contribution in [0.2, 0.25) is 0 Å². The number of nitrogens with zero attached hydrogens (tertiary/aromatic N) is 2. The SMILES string of the molecule is CCCCOC(=O)CN(Cc1ccc2sc(C(=O)OCCCC)cc2c1)C(=O)c1cccc2cc(OC(=O)c3ccc(N=C(NC(=O)OC(C)(C)C)NC(=O)OC(C)(C)C)cc3)ccc12. The molecule has 1 heterocycles. The van der Waals surface area contributed by atoms with E-state index in [4.69, 9.17) is 23.7 Å². The highest BCUT2D eigenvalue weighted by Crippen LogP contribution is 2.30. The number of unbranched alkanes of at least 4 members (excludes halogenated alkanes) is 2. The summed E-state index contributed by atoms with van der Waals surface area (Å²) in [6, 6.07) is 23.4. The minimum absolute atomic E-state index is 0.0851. The van der Waals surface area contributed by atoms with Crippen molar-refractivity contribution in [3.05, 3.63) is 106 Å². The van der Waals surface area contributed by atoms with Gasteiger partial charge in [-0.25, -0.2) is 24.2 Å². The van der Waals surface area contributed by atoms with Crippen LogP contribution in [0.1, 0.15) is 117 Å². The van der Waals surface area contributed by atoms with E-state index in [0.717, 1.165) is 34.9 Å². The quantitative estimate of drug-likeness (QED) is 0.0254. The van der Waals surface area contributed by atoms with Crippen LogP contribution in [-0.2, 0) is 30.3 Å². The number of nitrogens with one attached hydrogen (secondary N) is 2. The van der Waals surface area contributed by atoms with Crippen molar-refractivity contribution >= 4 is 79.8 Å². The molecule has 3 amide bonds. The van der Waals surface area contributed by atoms with Gasteiger partial charge in [0, 0.05) is 16.8 Å². The van der Waals surface area contributed by atoms with Crippen molar-refractivity contribution in [2.75, 3.05) is 19.8 Å². The van der Waals surface area contributed by atoms with Crippen LogP contribution in [0.4, 0.5) is 15.3 Å². The fraction of sp³-hybridized carbons (Fsp3) is 0.367. The predicted octanol–water partition coefficient (Wildman–Crippen LogP) is 10.3. The van der Waals surface area contributed by atoms with Crippen LogP contribution in [0.5, 0.6) is 5.75 Å². The normalized spacial score (nSPS) is 11.3. The van der Waals surface area contributed by atoms with E-state index in [0.29, 0.717) is 34.2 Å². The lowest BCUT2D eigenvalue weighted by Gasteiger charge is -2.23. The number of benzene rings is 4. The number of aliphatic imine (C=N–C) groups is 1. The Hall–Kier alpha value is -6.81. The monoisotopic (exact) mass is 908 g/mol. The average molecular weight is 909 g/mol. The van der Waals surface area contributed by atoms with Crippen molar-refractivity contribution in [3.8, 4) is 5.75 Å². The number of carbonyl (C=O) groups is 6. The van der Waals surface area contributed by atoms with E-state index in [-0.39, 0.29) is 48.6 Å². The van der Waals surface area contributed by atoms with Gasteiger partial charge in [-0.2, -0.15) is 0 Å². The molecule has 5 aromatic rings. The van der Waals surface area contributed by atoms with E-state index in [1.54, 1.807) is 84.0 Å². The third-order valence-electron chi connectivity index (χ3n) is 9.13. The van der Waals surface area contributed by atoms with E-state index in [1.165, 1.54) is 40.5 Å². The standard InChI is InChI=1S/C49H56N4O11S/c1-9-11-24-60-41(54)30-53(29-31-16-23-39-34(26-31)28-40(65-39)44(57)61-25-12-10-2)42(55)38-15-13-14-33-27-36(21-22-37(33)38)62-43(56)32-17-19-35(20-18-32)50-45(51-46(58)63-48(3,4)5)52-47(59)64-49(6,7)8/h13-23,26-28H,9-12,24-25,29-30H2,1-8H3,(H2,50,51,52,58,59). The smallest absolute Gasteiger partial charge is 0.414 e. The molecule has 0 spiro atoms. The van der Waals surface area contributed by atoms with Gasteiger partial charge in [0.15, 0.2) is 0 Å². The molecule has 65 heavy (non-hydrogen) atoms. The molecule has 0 saturated carbocycles. The highest BCUT2D eigenvalue weighted by Gasteiger charge is 2.24. The van der Waals surface area contributed by atoms with Crippen LogP contribution in [0.25, 0.3) is 20.9 Å². The summed E-state index contributed by atoms with van der Waals surface area (Å²) in [7, 11) is 0. The lowest BCUT2D eigenvalue weighted by Crippen LogP contribution is -2.47. The largest absolute Gasteiger partial charge is 0.464 e. The predicted molar refractivity (Wildman–Crippen MR) is 249 cm³/mol. The zero-order valence-corrected chi connectivity index (χ0v) is 38.8. The third-order valence-corrected chi connectivity index (χ3v) is 10.2. The molecule has 15 nitrogen and oxygen atoms in total. The molecule has 2 N–H and O–H groups in total. The molecule has 16 heteroatoms. The molecule has 0 fully saturated rings. The number of alkyl carbamates (subject to hydrolysis) is 2. The van der Waals surface area contributed by atoms with Gasteiger partial charge < -0.3 is 28.6 Å². The Labute approximate surface area is 382 Å². The second-order valence-electron chi connectivity index (χ2n) is 17.0. The average Bonchev–Trinajstić information content (AvgIpc) is 3.66. The van der Waals surface area contributed by atoms with E-state index in [1.807, 2.05) is 32.0 Å². The Morgan fingerprint density at radius 2 is 1.34 bits per heavy atom. The van der Waals surface area contributed by atoms with Gasteiger partial charge in [0.05, 0.1) is 24.5 Å². The minimum atomic E-state index is -0.857. The first-order valence-electron chi connectivity index (χ1n) is 21.4. The summed E-state index contributed by atoms with van der Waals surface area (Å²) in [6.07, 6.45) is 1.52. The summed E-state index contributed by atoms with van der Waals surface area (Å²) in [5.74, 6) is -2.04. The number of hydrogen-bond donors (Lipinski definition) is 2. The zero-order valence-electron chi connectivity index (χ0n) is 38.0. The summed E-state index contributed by atoms with van der Waals surface area (Å²) < 4.78 is 28.1. The van der Waals surface area contributed by atoms with Crippen molar-refractivity contribution in [3.63, 3.8) is 0 Å². The molecule has 0 radical (unpaired) electrons. The second-order valence-corrected chi connectivity index (χ2v) is 18.1. The molecule has 4 aromatic carbocycles. The molecule has 0 unspecified atom stereocenters. The van der Waals surface area contributed by atoms with Crippen LogP contribution in [-0.4, -0.2) is 77.8 Å². The molecular formula is C49H56N4O11S. The number of hydrogen-bond acceptors (Lipinski definition) is 13. The molecular weight excluding hydrogens is 853 g/mol. The molecule has 0 saturated heterocycles. The van der Waals surface area contributed by atoms with E-state index in [9.17, 15) is 28.8 Å². The summed E-state index contributed by atoms with van der Waals surface area (Å²) in [6.45, 7) is 14.5. The van der Waals surface area contributed by atoms with Gasteiger partial charge in [0.25, 0.3) is 5.91 Å². The van der Waals surface area contributed by atoms with Crippen LogP contribution in [0, 0.1) is 0 Å². The molecule has 344 valence electrons. The molecule has 0 atom stereocenters. The van der Waals surface area contributed by atoms with Gasteiger partial charge in [-0.05, 0) is 143 Å². The lowest BCUT2D eigenvalue weighted by atomic mass is 10.0. The first kappa shape index (κ1) is 49.2. The van der Waals surface area contributed by atoms with Crippen molar-refractivity contribution in [2.24, 2.45) is 4.99 Å². The van der Waals surface area contributed by atoms with Crippen molar-refractivity contribution in [2.45, 2.75) is 98.8 Å². The van der Waals surface area contributed by atoms with Crippen molar-refractivity contribution in [1.82, 2.24) is 15.5 Å². The molecule has 0 aliphatic rings. The topological polar surface area (TPSA) is 188 Å². The maximum atomic E-state index is 14.4. The van der Waals surface area contributed by atoms with Gasteiger partial charge in [-0.15, -0.1) is 11.3 Å². The second kappa shape index (κ2) is 22.2. The Morgan fingerprint density at radius 1 is 0.692 bits per heavy atom. The maximum Gasteiger partial charge on any atom is 0.414 e. The summed E-state index contributed by atoms with van der Waals surface area (Å²) in [5, 5.41) is 6.82. The number of carbonyl (C=O) groups excluding carboxylic acids is 6. The van der Waals surface area contributed by atoms with Crippen LogP contribution in [0.15, 0.2) is 89.9 Å². The highest BCUT2D eigenvalue weighted by atomic mass is 32.1. The van der Waals surface area contributed by atoms with Crippen LogP contribution in [0.3, 0.4) is 0 Å². The van der Waals surface area contributed by atoms with E-state index in [2.05, 4.69) is 15.6 Å². The third kappa shape index (κ3) is 15.2. The number of amides is 3. The summed E-state index contributed by atoms with van der Waals surface area (Å²) in [5.41, 5.74) is -0.104. The van der Waals surface area contributed by atoms with Crippen molar-refractivity contribution in [1.29, 1.82) is 0 Å². The molecule has 5 rings (SSSR count). The van der Waals surface area contributed by atoms with Crippen molar-refractivity contribution < 1.29 is 52.5 Å². The van der Waals surface area contributed by atoms with Crippen LogP contribution < -0.4 is 15.4 Å². The van der Waals surface area contributed by atoms with Gasteiger partial charge in [-0.1, -0.05) is 44.9 Å². The zero-order chi connectivity index (χ0) is 47.3. The van der Waals surface area contributed by atoms with Gasteiger partial charge in [0.2, 0.25) is 5.96 Å². The van der Waals surface area contributed by atoms with Gasteiger partial charge >= 0.3 is 30.1 Å². The lowest BCUT2D eigenvalue weighted by molar-refractivity contribution is -0.144. The maximum absolute atomic E-state index is 14.4. The Balaban J connectivity index is 1.33. The molecule has 0 aliphatic heterocycles. The number of fused-ring (bicyclic) bond motifs is 2. The Bertz CT molecular complexity index is 2520. The summed E-state index contributed by atoms with van der Waals surface area (Å²) >= 11 is 1.33. The fourth-order valence-electron chi connectivity index (χ4n) is 6.16. The number of guanidine groups is 1. The van der Waals surface area contributed by atoms with Crippen LogP contribution >= 0.6 is 11.3 Å². The van der Waals surface area contributed by atoms with E-state index >= 15 is 0 Å². The number of ether oxygens (including phenoxy) is 5. The first-order chi connectivity index (χ1) is 30.8.